The molecular weight excluding hydrogens is 360 g/mol. The highest BCUT2D eigenvalue weighted by Crippen LogP contribution is 2.43. The highest BCUT2D eigenvalue weighted by molar-refractivity contribution is 6.78. The van der Waals surface area contributed by atoms with Gasteiger partial charge >= 0.3 is 6.09 Å². The molecular formula is C20H34N2O4Si. The van der Waals surface area contributed by atoms with E-state index in [9.17, 15) is 9.59 Å². The van der Waals surface area contributed by atoms with Crippen LogP contribution in [0, 0.1) is 6.92 Å². The Balaban J connectivity index is 3.14. The first-order valence-electron chi connectivity index (χ1n) is 9.51. The monoisotopic (exact) mass is 394 g/mol. The van der Waals surface area contributed by atoms with Crippen molar-refractivity contribution < 1.29 is 19.1 Å². The minimum absolute atomic E-state index is 0.405. The van der Waals surface area contributed by atoms with Gasteiger partial charge in [-0.05, 0) is 42.1 Å². The Bertz CT molecular complexity index is 652. The standard InChI is InChI=1S/C20H34N2O4Si/c1-12(2)27(13(3)4,14(5)6)26-17-10-9-15(7)18(11-17)22-19(23)16(8)21-20(24)25/h9-14,16,21H,1-8H3,(H,22,23)(H,24,25)/t16-/m1/s1. The van der Waals surface area contributed by atoms with Crippen molar-refractivity contribution in [1.29, 1.82) is 0 Å². The van der Waals surface area contributed by atoms with Crippen molar-refractivity contribution in [3.8, 4) is 5.75 Å². The molecule has 27 heavy (non-hydrogen) atoms. The Morgan fingerprint density at radius 3 is 1.96 bits per heavy atom. The van der Waals surface area contributed by atoms with Crippen LogP contribution in [0.2, 0.25) is 16.6 Å². The lowest BCUT2D eigenvalue weighted by Crippen LogP contribution is -2.50. The molecule has 0 heterocycles. The Morgan fingerprint density at radius 1 is 1.00 bits per heavy atom. The van der Waals surface area contributed by atoms with Crippen LogP contribution < -0.4 is 15.1 Å². The molecule has 0 spiro atoms. The zero-order valence-corrected chi connectivity index (χ0v) is 18.7. The lowest BCUT2D eigenvalue weighted by atomic mass is 10.2. The molecule has 1 rings (SSSR count). The first-order valence-corrected chi connectivity index (χ1v) is 11.7. The van der Waals surface area contributed by atoms with Crippen molar-refractivity contribution in [2.75, 3.05) is 5.32 Å². The van der Waals surface area contributed by atoms with E-state index in [2.05, 4.69) is 52.2 Å². The Hall–Kier alpha value is -2.02. The van der Waals surface area contributed by atoms with Gasteiger partial charge < -0.3 is 20.2 Å². The summed E-state index contributed by atoms with van der Waals surface area (Å²) < 4.78 is 6.67. The fourth-order valence-corrected chi connectivity index (χ4v) is 9.09. The van der Waals surface area contributed by atoms with Crippen molar-refractivity contribution in [1.82, 2.24) is 5.32 Å². The zero-order chi connectivity index (χ0) is 20.9. The van der Waals surface area contributed by atoms with Gasteiger partial charge in [0.15, 0.2) is 0 Å². The van der Waals surface area contributed by atoms with E-state index in [1.807, 2.05) is 25.1 Å². The number of carbonyl (C=O) groups is 2. The van der Waals surface area contributed by atoms with Crippen LogP contribution in [-0.4, -0.2) is 31.5 Å². The van der Waals surface area contributed by atoms with Crippen LogP contribution in [0.3, 0.4) is 0 Å². The minimum Gasteiger partial charge on any atom is -0.543 e. The van der Waals surface area contributed by atoms with Crippen molar-refractivity contribution in [3.05, 3.63) is 23.8 Å². The highest BCUT2D eigenvalue weighted by Gasteiger charge is 2.47. The van der Waals surface area contributed by atoms with Crippen LogP contribution in [0.15, 0.2) is 18.2 Å². The number of carboxylic acid groups (broad SMARTS) is 1. The maximum atomic E-state index is 12.3. The molecule has 0 saturated carbocycles. The molecule has 3 N–H and O–H groups in total. The van der Waals surface area contributed by atoms with Gasteiger partial charge in [0.25, 0.3) is 8.32 Å². The summed E-state index contributed by atoms with van der Waals surface area (Å²) in [6, 6.07) is 4.86. The largest absolute Gasteiger partial charge is 0.543 e. The average Bonchev–Trinajstić information content (AvgIpc) is 2.53. The van der Waals surface area contributed by atoms with Gasteiger partial charge in [0.2, 0.25) is 5.91 Å². The molecule has 0 aliphatic carbocycles. The summed E-state index contributed by atoms with van der Waals surface area (Å²) in [6.07, 6.45) is -1.23. The minimum atomic E-state index is -2.10. The third kappa shape index (κ3) is 5.48. The number of hydrogen-bond acceptors (Lipinski definition) is 3. The van der Waals surface area contributed by atoms with Gasteiger partial charge in [-0.2, -0.15) is 0 Å². The summed E-state index contributed by atoms with van der Waals surface area (Å²) in [4.78, 5) is 23.0. The maximum Gasteiger partial charge on any atom is 0.405 e. The summed E-state index contributed by atoms with van der Waals surface area (Å²) in [5.41, 5.74) is 2.85. The summed E-state index contributed by atoms with van der Waals surface area (Å²) >= 11 is 0. The number of aryl methyl sites for hydroxylation is 1. The van der Waals surface area contributed by atoms with Gasteiger partial charge in [0.1, 0.15) is 11.8 Å². The number of benzene rings is 1. The Kier molecular flexibility index (Phi) is 7.89. The Morgan fingerprint density at radius 2 is 1.52 bits per heavy atom. The third-order valence-corrected chi connectivity index (χ3v) is 11.2. The van der Waals surface area contributed by atoms with E-state index in [-0.39, 0.29) is 0 Å². The van der Waals surface area contributed by atoms with Gasteiger partial charge in [-0.15, -0.1) is 0 Å². The van der Waals surface area contributed by atoms with Gasteiger partial charge in [-0.25, -0.2) is 4.79 Å². The van der Waals surface area contributed by atoms with Crippen LogP contribution in [0.4, 0.5) is 10.5 Å². The van der Waals surface area contributed by atoms with Crippen LogP contribution in [0.25, 0.3) is 0 Å². The van der Waals surface area contributed by atoms with Crippen molar-refractivity contribution in [3.63, 3.8) is 0 Å². The van der Waals surface area contributed by atoms with E-state index >= 15 is 0 Å². The molecule has 7 heteroatoms. The van der Waals surface area contributed by atoms with Gasteiger partial charge in [0.05, 0.1) is 0 Å². The predicted octanol–water partition coefficient (Wildman–Crippen LogP) is 5.14. The van der Waals surface area contributed by atoms with Gasteiger partial charge in [-0.3, -0.25) is 4.79 Å². The smallest absolute Gasteiger partial charge is 0.405 e. The SMILES string of the molecule is Cc1ccc(O[Si](C(C)C)(C(C)C)C(C)C)cc1NC(=O)[C@@H](C)NC(=O)O. The van der Waals surface area contributed by atoms with Crippen LogP contribution in [0.5, 0.6) is 5.75 Å². The topological polar surface area (TPSA) is 87.7 Å². The quantitative estimate of drug-likeness (QED) is 0.532. The van der Waals surface area contributed by atoms with Crippen molar-refractivity contribution in [2.45, 2.75) is 78.1 Å². The van der Waals surface area contributed by atoms with E-state index in [0.29, 0.717) is 22.3 Å². The first kappa shape index (κ1) is 23.0. The molecule has 2 amide bonds. The van der Waals surface area contributed by atoms with Crippen LogP contribution in [0.1, 0.15) is 54.0 Å². The van der Waals surface area contributed by atoms with E-state index in [1.165, 1.54) is 6.92 Å². The summed E-state index contributed by atoms with van der Waals surface area (Å²) in [6.45, 7) is 16.8. The number of nitrogens with one attached hydrogen (secondary N) is 2. The van der Waals surface area contributed by atoms with Crippen molar-refractivity contribution in [2.24, 2.45) is 0 Å². The van der Waals surface area contributed by atoms with E-state index in [0.717, 1.165) is 11.3 Å². The molecule has 0 bridgehead atoms. The van der Waals surface area contributed by atoms with Gasteiger partial charge in [-0.1, -0.05) is 47.6 Å². The molecule has 0 saturated heterocycles. The molecule has 6 nitrogen and oxygen atoms in total. The number of rotatable bonds is 8. The highest BCUT2D eigenvalue weighted by atomic mass is 28.4. The Labute approximate surface area is 163 Å². The van der Waals surface area contributed by atoms with Crippen molar-refractivity contribution >= 4 is 26.0 Å². The predicted molar refractivity (Wildman–Crippen MR) is 112 cm³/mol. The normalized spacial score (nSPS) is 13.0. The van der Waals surface area contributed by atoms with Crippen LogP contribution >= 0.6 is 0 Å². The molecule has 0 fully saturated rings. The number of carbonyl (C=O) groups excluding carboxylic acids is 1. The average molecular weight is 395 g/mol. The lowest BCUT2D eigenvalue weighted by Gasteiger charge is -2.42. The third-order valence-electron chi connectivity index (χ3n) is 5.20. The summed E-state index contributed by atoms with van der Waals surface area (Å²) in [5.74, 6) is 0.343. The molecule has 1 aromatic carbocycles. The molecule has 1 aromatic rings. The number of hydrogen-bond donors (Lipinski definition) is 3. The first-order chi connectivity index (χ1) is 12.4. The summed E-state index contributed by atoms with van der Waals surface area (Å²) in [7, 11) is -2.10. The molecule has 1 atom stereocenters. The second-order valence-corrected chi connectivity index (χ2v) is 13.4. The molecule has 0 radical (unpaired) electrons. The second kappa shape index (κ2) is 9.26. The fraction of sp³-hybridized carbons (Fsp3) is 0.600. The summed E-state index contributed by atoms with van der Waals surface area (Å²) in [5, 5.41) is 13.7. The second-order valence-electron chi connectivity index (χ2n) is 8.06. The number of anilines is 1. The van der Waals surface area contributed by atoms with E-state index in [4.69, 9.17) is 9.53 Å². The molecule has 152 valence electrons. The molecule has 0 aliphatic rings. The molecule has 0 aliphatic heterocycles. The fourth-order valence-electron chi connectivity index (χ4n) is 3.85. The zero-order valence-electron chi connectivity index (χ0n) is 17.7. The lowest BCUT2D eigenvalue weighted by molar-refractivity contribution is -0.117. The van der Waals surface area contributed by atoms with Gasteiger partial charge in [0, 0.05) is 11.8 Å². The molecule has 0 aromatic heterocycles. The number of amides is 2. The molecule has 0 unspecified atom stereocenters. The maximum absolute atomic E-state index is 12.3. The van der Waals surface area contributed by atoms with E-state index < -0.39 is 26.4 Å². The van der Waals surface area contributed by atoms with Crippen LogP contribution in [-0.2, 0) is 4.79 Å². The van der Waals surface area contributed by atoms with E-state index in [1.54, 1.807) is 0 Å².